The molecule has 0 aromatic carbocycles. The molecule has 1 aliphatic heterocycles. The first-order valence-electron chi connectivity index (χ1n) is 7.73. The Hall–Kier alpha value is -0.0800. The quantitative estimate of drug-likeness (QED) is 0.604. The lowest BCUT2D eigenvalue weighted by molar-refractivity contribution is 0.381. The van der Waals surface area contributed by atoms with Crippen LogP contribution >= 0.6 is 0 Å². The molecule has 1 heterocycles. The van der Waals surface area contributed by atoms with E-state index in [2.05, 4.69) is 24.5 Å². The Morgan fingerprint density at radius 3 is 2.65 bits per heavy atom. The average molecular weight is 240 g/mol. The van der Waals surface area contributed by atoms with E-state index < -0.39 is 0 Å². The summed E-state index contributed by atoms with van der Waals surface area (Å²) in [5, 5.41) is 7.17. The van der Waals surface area contributed by atoms with Gasteiger partial charge in [0.2, 0.25) is 0 Å². The van der Waals surface area contributed by atoms with Crippen molar-refractivity contribution in [2.45, 2.75) is 71.3 Å². The highest BCUT2D eigenvalue weighted by molar-refractivity contribution is 4.73. The summed E-state index contributed by atoms with van der Waals surface area (Å²) in [6.45, 7) is 8.24. The number of unbranched alkanes of at least 4 members (excludes halogenated alkanes) is 3. The molecule has 2 nitrogen and oxygen atoms in total. The third kappa shape index (κ3) is 8.62. The van der Waals surface area contributed by atoms with Crippen LogP contribution < -0.4 is 10.6 Å². The summed E-state index contributed by atoms with van der Waals surface area (Å²) in [6, 6.07) is 0.740. The van der Waals surface area contributed by atoms with Crippen LogP contribution in [0.4, 0.5) is 0 Å². The topological polar surface area (TPSA) is 24.1 Å². The van der Waals surface area contributed by atoms with Gasteiger partial charge in [-0.25, -0.2) is 0 Å². The van der Waals surface area contributed by atoms with Crippen LogP contribution in [0.2, 0.25) is 0 Å². The number of hydrogen-bond donors (Lipinski definition) is 2. The standard InChI is InChI=1S/C15H32N2/c1-14(2)9-5-3-4-7-11-16-13-15-10-6-8-12-17-15/h14-17H,3-13H2,1-2H3. The van der Waals surface area contributed by atoms with E-state index >= 15 is 0 Å². The number of nitrogens with one attached hydrogen (secondary N) is 2. The van der Waals surface area contributed by atoms with Gasteiger partial charge in [0, 0.05) is 12.6 Å². The van der Waals surface area contributed by atoms with Crippen LogP contribution in [0, 0.1) is 5.92 Å². The molecule has 1 aliphatic rings. The van der Waals surface area contributed by atoms with E-state index in [-0.39, 0.29) is 0 Å². The molecular formula is C15H32N2. The van der Waals surface area contributed by atoms with Crippen molar-refractivity contribution in [2.75, 3.05) is 19.6 Å². The van der Waals surface area contributed by atoms with Gasteiger partial charge >= 0.3 is 0 Å². The molecule has 1 rings (SSSR count). The van der Waals surface area contributed by atoms with Crippen LogP contribution in [0.3, 0.4) is 0 Å². The maximum atomic E-state index is 3.59. The number of hydrogen-bond acceptors (Lipinski definition) is 2. The summed E-state index contributed by atoms with van der Waals surface area (Å²) in [5.74, 6) is 0.880. The fourth-order valence-corrected chi connectivity index (χ4v) is 2.53. The van der Waals surface area contributed by atoms with Gasteiger partial charge < -0.3 is 10.6 Å². The predicted octanol–water partition coefficient (Wildman–Crippen LogP) is 3.32. The lowest BCUT2D eigenvalue weighted by Gasteiger charge is -2.23. The molecule has 102 valence electrons. The van der Waals surface area contributed by atoms with E-state index in [1.165, 1.54) is 71.0 Å². The van der Waals surface area contributed by atoms with Crippen molar-refractivity contribution in [1.82, 2.24) is 10.6 Å². The Bertz CT molecular complexity index is 162. The Morgan fingerprint density at radius 2 is 1.94 bits per heavy atom. The van der Waals surface area contributed by atoms with Gasteiger partial charge in [0.25, 0.3) is 0 Å². The van der Waals surface area contributed by atoms with Crippen LogP contribution in [0.25, 0.3) is 0 Å². The van der Waals surface area contributed by atoms with Crippen LogP contribution in [-0.4, -0.2) is 25.7 Å². The molecule has 0 aromatic rings. The van der Waals surface area contributed by atoms with Gasteiger partial charge in [-0.15, -0.1) is 0 Å². The van der Waals surface area contributed by atoms with Crippen molar-refractivity contribution < 1.29 is 0 Å². The molecule has 1 fully saturated rings. The second kappa shape index (κ2) is 9.90. The maximum absolute atomic E-state index is 3.59. The van der Waals surface area contributed by atoms with E-state index in [4.69, 9.17) is 0 Å². The molecule has 0 bridgehead atoms. The van der Waals surface area contributed by atoms with Gasteiger partial charge in [-0.05, 0) is 38.3 Å². The largest absolute Gasteiger partial charge is 0.315 e. The monoisotopic (exact) mass is 240 g/mol. The fourth-order valence-electron chi connectivity index (χ4n) is 2.53. The highest BCUT2D eigenvalue weighted by atomic mass is 15.0. The summed E-state index contributed by atoms with van der Waals surface area (Å²) < 4.78 is 0. The third-order valence-electron chi connectivity index (χ3n) is 3.69. The zero-order chi connectivity index (χ0) is 12.3. The lowest BCUT2D eigenvalue weighted by Crippen LogP contribution is -2.41. The lowest BCUT2D eigenvalue weighted by atomic mass is 10.0. The van der Waals surface area contributed by atoms with Crippen molar-refractivity contribution in [1.29, 1.82) is 0 Å². The Balaban J connectivity index is 1.78. The zero-order valence-corrected chi connectivity index (χ0v) is 11.9. The SMILES string of the molecule is CC(C)CCCCCCNCC1CCCCN1. The van der Waals surface area contributed by atoms with Gasteiger partial charge in [0.15, 0.2) is 0 Å². The van der Waals surface area contributed by atoms with E-state index in [9.17, 15) is 0 Å². The zero-order valence-electron chi connectivity index (χ0n) is 11.9. The summed E-state index contributed by atoms with van der Waals surface area (Å²) in [6.07, 6.45) is 11.1. The van der Waals surface area contributed by atoms with E-state index in [0.717, 1.165) is 12.0 Å². The van der Waals surface area contributed by atoms with Crippen LogP contribution in [0.5, 0.6) is 0 Å². The second-order valence-corrected chi connectivity index (χ2v) is 5.95. The molecule has 0 saturated carbocycles. The summed E-state index contributed by atoms with van der Waals surface area (Å²) >= 11 is 0. The summed E-state index contributed by atoms with van der Waals surface area (Å²) in [4.78, 5) is 0. The molecule has 17 heavy (non-hydrogen) atoms. The van der Waals surface area contributed by atoms with Crippen molar-refractivity contribution in [3.63, 3.8) is 0 Å². The van der Waals surface area contributed by atoms with Crippen LogP contribution in [0.1, 0.15) is 65.2 Å². The van der Waals surface area contributed by atoms with Crippen LogP contribution in [-0.2, 0) is 0 Å². The Labute approximate surface area is 108 Å². The first-order chi connectivity index (χ1) is 8.29. The van der Waals surface area contributed by atoms with Gasteiger partial charge in [-0.3, -0.25) is 0 Å². The smallest absolute Gasteiger partial charge is 0.0192 e. The fraction of sp³-hybridized carbons (Fsp3) is 1.00. The Morgan fingerprint density at radius 1 is 1.12 bits per heavy atom. The predicted molar refractivity (Wildman–Crippen MR) is 76.4 cm³/mol. The number of piperidine rings is 1. The van der Waals surface area contributed by atoms with E-state index in [1.807, 2.05) is 0 Å². The molecule has 0 amide bonds. The molecule has 0 aromatic heterocycles. The molecule has 1 saturated heterocycles. The molecule has 0 spiro atoms. The molecule has 1 atom stereocenters. The molecular weight excluding hydrogens is 208 g/mol. The van der Waals surface area contributed by atoms with Gasteiger partial charge in [0.1, 0.15) is 0 Å². The summed E-state index contributed by atoms with van der Waals surface area (Å²) in [7, 11) is 0. The van der Waals surface area contributed by atoms with Crippen molar-refractivity contribution in [3.05, 3.63) is 0 Å². The van der Waals surface area contributed by atoms with Crippen molar-refractivity contribution >= 4 is 0 Å². The average Bonchev–Trinajstić information content (AvgIpc) is 2.33. The highest BCUT2D eigenvalue weighted by Gasteiger charge is 2.10. The van der Waals surface area contributed by atoms with E-state index in [0.29, 0.717) is 0 Å². The van der Waals surface area contributed by atoms with Gasteiger partial charge in [-0.1, -0.05) is 46.0 Å². The normalized spacial score (nSPS) is 21.0. The number of rotatable bonds is 9. The van der Waals surface area contributed by atoms with Gasteiger partial charge in [0.05, 0.1) is 0 Å². The third-order valence-corrected chi connectivity index (χ3v) is 3.69. The van der Waals surface area contributed by atoms with Crippen LogP contribution in [0.15, 0.2) is 0 Å². The molecule has 0 aliphatic carbocycles. The van der Waals surface area contributed by atoms with Gasteiger partial charge in [-0.2, -0.15) is 0 Å². The summed E-state index contributed by atoms with van der Waals surface area (Å²) in [5.41, 5.74) is 0. The minimum absolute atomic E-state index is 0.740. The van der Waals surface area contributed by atoms with Crippen molar-refractivity contribution in [2.24, 2.45) is 5.92 Å². The van der Waals surface area contributed by atoms with Crippen molar-refractivity contribution in [3.8, 4) is 0 Å². The molecule has 0 radical (unpaired) electrons. The minimum atomic E-state index is 0.740. The molecule has 2 N–H and O–H groups in total. The maximum Gasteiger partial charge on any atom is 0.0192 e. The minimum Gasteiger partial charge on any atom is -0.315 e. The Kier molecular flexibility index (Phi) is 8.72. The molecule has 2 heteroatoms. The first kappa shape index (κ1) is 15.0. The van der Waals surface area contributed by atoms with E-state index in [1.54, 1.807) is 0 Å². The highest BCUT2D eigenvalue weighted by Crippen LogP contribution is 2.09. The molecule has 1 unspecified atom stereocenters. The first-order valence-corrected chi connectivity index (χ1v) is 7.73. The second-order valence-electron chi connectivity index (χ2n) is 5.95.